The molecule has 1 aromatic carbocycles. The lowest BCUT2D eigenvalue weighted by Gasteiger charge is -2.49. The first-order valence-corrected chi connectivity index (χ1v) is 10.3. The van der Waals surface area contributed by atoms with Gasteiger partial charge in [0.1, 0.15) is 0 Å². The minimum absolute atomic E-state index is 0. The molecule has 1 aliphatic heterocycles. The summed E-state index contributed by atoms with van der Waals surface area (Å²) < 4.78 is 0. The Morgan fingerprint density at radius 1 is 1.14 bits per heavy atom. The van der Waals surface area contributed by atoms with Crippen molar-refractivity contribution in [2.24, 2.45) is 10.8 Å². The van der Waals surface area contributed by atoms with Crippen LogP contribution in [0.1, 0.15) is 57.9 Å². The van der Waals surface area contributed by atoms with Crippen molar-refractivity contribution < 1.29 is 14.7 Å². The fourth-order valence-corrected chi connectivity index (χ4v) is 4.98. The zero-order chi connectivity index (χ0) is 20.6. The van der Waals surface area contributed by atoms with E-state index in [0.717, 1.165) is 32.2 Å². The third-order valence-corrected chi connectivity index (χ3v) is 7.30. The molecule has 0 radical (unpaired) electrons. The molecule has 1 spiro atoms. The molecular weight excluding hydrogens is 388 g/mol. The Morgan fingerprint density at radius 3 is 2.24 bits per heavy atom. The Kier molecular flexibility index (Phi) is 7.06. The summed E-state index contributed by atoms with van der Waals surface area (Å²) in [5.41, 5.74) is 0.655. The van der Waals surface area contributed by atoms with Gasteiger partial charge in [0.05, 0.1) is 5.41 Å². The van der Waals surface area contributed by atoms with Crippen LogP contribution in [0.5, 0.6) is 0 Å². The molecule has 1 amide bonds. The molecule has 1 N–H and O–H groups in total. The summed E-state index contributed by atoms with van der Waals surface area (Å²) in [6.45, 7) is 4.78. The Balaban J connectivity index is 0.00000300. The van der Waals surface area contributed by atoms with E-state index in [9.17, 15) is 14.7 Å². The number of carboxylic acid groups (broad SMARTS) is 1. The molecule has 0 aromatic heterocycles. The van der Waals surface area contributed by atoms with Crippen molar-refractivity contribution in [1.82, 2.24) is 9.80 Å². The first kappa shape index (κ1) is 23.7. The van der Waals surface area contributed by atoms with Gasteiger partial charge in [-0.3, -0.25) is 14.5 Å². The van der Waals surface area contributed by atoms with E-state index in [0.29, 0.717) is 19.4 Å². The van der Waals surface area contributed by atoms with Crippen LogP contribution < -0.4 is 0 Å². The Morgan fingerprint density at radius 2 is 1.72 bits per heavy atom. The summed E-state index contributed by atoms with van der Waals surface area (Å²) in [5, 5.41) is 9.33. The van der Waals surface area contributed by atoms with Gasteiger partial charge < -0.3 is 10.0 Å². The van der Waals surface area contributed by atoms with Gasteiger partial charge >= 0.3 is 5.97 Å². The molecule has 1 aliphatic carbocycles. The van der Waals surface area contributed by atoms with Gasteiger partial charge in [0.2, 0.25) is 5.91 Å². The van der Waals surface area contributed by atoms with Crippen molar-refractivity contribution >= 4 is 24.3 Å². The minimum atomic E-state index is -0.801. The highest BCUT2D eigenvalue weighted by Crippen LogP contribution is 2.52. The summed E-state index contributed by atoms with van der Waals surface area (Å²) >= 11 is 0. The number of carbonyl (C=O) groups is 2. The first-order valence-electron chi connectivity index (χ1n) is 10.3. The van der Waals surface area contributed by atoms with E-state index in [1.807, 2.05) is 4.90 Å². The van der Waals surface area contributed by atoms with E-state index in [1.165, 1.54) is 5.56 Å². The van der Waals surface area contributed by atoms with Gasteiger partial charge in [0.25, 0.3) is 0 Å². The molecule has 6 heteroatoms. The van der Waals surface area contributed by atoms with Gasteiger partial charge in [0.15, 0.2) is 0 Å². The summed E-state index contributed by atoms with van der Waals surface area (Å²) in [6.07, 6.45) is 5.27. The van der Waals surface area contributed by atoms with E-state index >= 15 is 0 Å². The summed E-state index contributed by atoms with van der Waals surface area (Å²) in [5.74, 6) is -0.608. The van der Waals surface area contributed by atoms with Crippen LogP contribution in [0.25, 0.3) is 0 Å². The highest BCUT2D eigenvalue weighted by atomic mass is 35.5. The van der Waals surface area contributed by atoms with E-state index < -0.39 is 11.4 Å². The highest BCUT2D eigenvalue weighted by molar-refractivity contribution is 5.85. The average Bonchev–Trinajstić information content (AvgIpc) is 2.96. The molecule has 0 atom stereocenters. The molecule has 0 bridgehead atoms. The predicted molar refractivity (Wildman–Crippen MR) is 117 cm³/mol. The third-order valence-electron chi connectivity index (χ3n) is 7.30. The highest BCUT2D eigenvalue weighted by Gasteiger charge is 2.50. The standard InChI is InChI=1S/C23H34N2O3.ClH/c1-21(2,20(27)28)14-15-25-17-22(16-19(25)26)10-12-23(13-11-22,24(3)4)18-8-6-5-7-9-18;/h5-9H,10-17H2,1-4H3,(H,27,28);1H/t22-,23-;. The lowest BCUT2D eigenvalue weighted by molar-refractivity contribution is -0.148. The van der Waals surface area contributed by atoms with Crippen LogP contribution in [0.15, 0.2) is 30.3 Å². The number of hydrogen-bond donors (Lipinski definition) is 1. The second-order valence-corrected chi connectivity index (χ2v) is 9.72. The smallest absolute Gasteiger partial charge is 0.309 e. The van der Waals surface area contributed by atoms with E-state index in [2.05, 4.69) is 49.3 Å². The maximum Gasteiger partial charge on any atom is 0.309 e. The fourth-order valence-electron chi connectivity index (χ4n) is 4.98. The number of hydrogen-bond acceptors (Lipinski definition) is 3. The monoisotopic (exact) mass is 422 g/mol. The number of carboxylic acids is 1. The number of benzene rings is 1. The van der Waals surface area contributed by atoms with Gasteiger partial charge in [-0.2, -0.15) is 0 Å². The summed E-state index contributed by atoms with van der Waals surface area (Å²) in [4.78, 5) is 28.3. The van der Waals surface area contributed by atoms with Crippen molar-refractivity contribution in [1.29, 1.82) is 0 Å². The van der Waals surface area contributed by atoms with Gasteiger partial charge in [-0.1, -0.05) is 30.3 Å². The van der Waals surface area contributed by atoms with E-state index in [4.69, 9.17) is 0 Å². The molecule has 1 aromatic rings. The number of halogens is 1. The van der Waals surface area contributed by atoms with Gasteiger partial charge in [-0.15, -0.1) is 12.4 Å². The lowest BCUT2D eigenvalue weighted by Crippen LogP contribution is -2.47. The molecule has 0 unspecified atom stereocenters. The normalized spacial score (nSPS) is 27.3. The topological polar surface area (TPSA) is 60.9 Å². The summed E-state index contributed by atoms with van der Waals surface area (Å²) in [6, 6.07) is 10.7. The van der Waals surface area contributed by atoms with Crippen LogP contribution in [0.2, 0.25) is 0 Å². The molecule has 29 heavy (non-hydrogen) atoms. The molecule has 1 saturated carbocycles. The van der Waals surface area contributed by atoms with Crippen LogP contribution in [0.3, 0.4) is 0 Å². The lowest BCUT2D eigenvalue weighted by atomic mass is 9.64. The largest absolute Gasteiger partial charge is 0.481 e. The second-order valence-electron chi connectivity index (χ2n) is 9.72. The molecule has 1 saturated heterocycles. The van der Waals surface area contributed by atoms with Crippen LogP contribution in [0, 0.1) is 10.8 Å². The summed E-state index contributed by atoms with van der Waals surface area (Å²) in [7, 11) is 4.32. The molecule has 5 nitrogen and oxygen atoms in total. The second kappa shape index (κ2) is 8.65. The number of nitrogens with zero attached hydrogens (tertiary/aromatic N) is 2. The SMILES string of the molecule is CN(C)[C@]1(c2ccccc2)CC[C@@]2(CC1)CC(=O)N(CCC(C)(C)C(=O)O)C2.Cl. The van der Waals surface area contributed by atoms with E-state index in [-0.39, 0.29) is 29.3 Å². The van der Waals surface area contributed by atoms with Crippen molar-refractivity contribution in [3.8, 4) is 0 Å². The quantitative estimate of drug-likeness (QED) is 0.747. The van der Waals surface area contributed by atoms with Gasteiger partial charge in [0, 0.05) is 25.0 Å². The van der Waals surface area contributed by atoms with Gasteiger partial charge in [-0.25, -0.2) is 0 Å². The molecular formula is C23H35ClN2O3. The minimum Gasteiger partial charge on any atom is -0.481 e. The van der Waals surface area contributed by atoms with Gasteiger partial charge in [-0.05, 0) is 71.0 Å². The number of amides is 1. The van der Waals surface area contributed by atoms with E-state index in [1.54, 1.807) is 13.8 Å². The van der Waals surface area contributed by atoms with Crippen molar-refractivity contribution in [3.05, 3.63) is 35.9 Å². The number of rotatable bonds is 6. The molecule has 1 heterocycles. The van der Waals surface area contributed by atoms with Crippen molar-refractivity contribution in [3.63, 3.8) is 0 Å². The van der Waals surface area contributed by atoms with Crippen molar-refractivity contribution in [2.75, 3.05) is 27.2 Å². The fraction of sp³-hybridized carbons (Fsp3) is 0.652. The Labute approximate surface area is 180 Å². The average molecular weight is 423 g/mol. The maximum absolute atomic E-state index is 12.7. The number of likely N-dealkylation sites (tertiary alicyclic amines) is 1. The molecule has 162 valence electrons. The first-order chi connectivity index (χ1) is 13.1. The predicted octanol–water partition coefficient (Wildman–Crippen LogP) is 4.16. The van der Waals surface area contributed by atoms with Crippen LogP contribution in [-0.4, -0.2) is 54.0 Å². The van der Waals surface area contributed by atoms with Crippen LogP contribution in [-0.2, 0) is 15.1 Å². The number of aliphatic carboxylic acids is 1. The zero-order valence-electron chi connectivity index (χ0n) is 18.1. The molecule has 3 rings (SSSR count). The van der Waals surface area contributed by atoms with Crippen molar-refractivity contribution in [2.45, 2.75) is 57.9 Å². The molecule has 2 fully saturated rings. The van der Waals surface area contributed by atoms with Crippen LogP contribution in [0.4, 0.5) is 0 Å². The zero-order valence-corrected chi connectivity index (χ0v) is 18.9. The number of carbonyl (C=O) groups excluding carboxylic acids is 1. The molecule has 2 aliphatic rings. The Bertz CT molecular complexity index is 725. The Hall–Kier alpha value is -1.59. The third kappa shape index (κ3) is 4.61. The van der Waals surface area contributed by atoms with Crippen LogP contribution >= 0.6 is 12.4 Å². The maximum atomic E-state index is 12.7.